The van der Waals surface area contributed by atoms with Crippen molar-refractivity contribution in [2.24, 2.45) is 10.1 Å². The summed E-state index contributed by atoms with van der Waals surface area (Å²) >= 11 is 1.37. The number of carbonyl (C=O) groups excluding carboxylic acids is 1. The third kappa shape index (κ3) is 6.10. The van der Waals surface area contributed by atoms with Gasteiger partial charge in [-0.15, -0.1) is 0 Å². The van der Waals surface area contributed by atoms with E-state index in [0.717, 1.165) is 29.9 Å². The number of methoxy groups -OCH3 is 1. The van der Waals surface area contributed by atoms with Crippen LogP contribution >= 0.6 is 11.8 Å². The number of aliphatic imine (C=N–C) groups is 1. The summed E-state index contributed by atoms with van der Waals surface area (Å²) in [6, 6.07) is 14.9. The summed E-state index contributed by atoms with van der Waals surface area (Å²) in [7, 11) is 1.61. The molecule has 182 valence electrons. The topological polar surface area (TPSA) is 96.6 Å². The molecule has 35 heavy (non-hydrogen) atoms. The maximum Gasteiger partial charge on any atom is 0.283 e. The van der Waals surface area contributed by atoms with Crippen LogP contribution in [0.1, 0.15) is 38.2 Å². The number of carbonyl (C=O) groups is 1. The molecule has 2 aromatic carbocycles. The lowest BCUT2D eigenvalue weighted by molar-refractivity contribution is -0.114. The number of para-hydroxylation sites is 2. The lowest BCUT2D eigenvalue weighted by atomic mass is 10.1. The molecule has 1 N–H and O–H groups in total. The minimum Gasteiger partial charge on any atom is -0.493 e. The van der Waals surface area contributed by atoms with E-state index >= 15 is 0 Å². The Balaban J connectivity index is 1.35. The summed E-state index contributed by atoms with van der Waals surface area (Å²) in [4.78, 5) is 16.8. The van der Waals surface area contributed by atoms with E-state index in [4.69, 9.17) is 19.6 Å². The van der Waals surface area contributed by atoms with Gasteiger partial charge in [0.2, 0.25) is 5.17 Å². The first-order chi connectivity index (χ1) is 17.1. The summed E-state index contributed by atoms with van der Waals surface area (Å²) in [5.41, 5.74) is 0.957. The van der Waals surface area contributed by atoms with Crippen molar-refractivity contribution < 1.29 is 19.0 Å². The number of thioether (sulfide) groups is 1. The first-order valence-corrected chi connectivity index (χ1v) is 12.4. The zero-order valence-corrected chi connectivity index (χ0v) is 20.6. The van der Waals surface area contributed by atoms with Gasteiger partial charge in [0, 0.05) is 6.42 Å². The zero-order chi connectivity index (χ0) is 24.6. The lowest BCUT2D eigenvalue weighted by Gasteiger charge is -2.20. The van der Waals surface area contributed by atoms with Gasteiger partial charge in [0.15, 0.2) is 17.3 Å². The minimum atomic E-state index is -0.430. The van der Waals surface area contributed by atoms with Crippen molar-refractivity contribution in [2.45, 2.75) is 32.6 Å². The fourth-order valence-corrected chi connectivity index (χ4v) is 4.42. The number of nitrogens with zero attached hydrogens (tertiary/aromatic N) is 3. The Kier molecular flexibility index (Phi) is 8.20. The molecule has 0 radical (unpaired) electrons. The number of hydrazone groups is 1. The first kappa shape index (κ1) is 24.5. The minimum absolute atomic E-state index is 0.0406. The molecule has 2 heterocycles. The quantitative estimate of drug-likeness (QED) is 0.335. The number of amidine groups is 2. The van der Waals surface area contributed by atoms with E-state index < -0.39 is 5.91 Å². The third-order valence-electron chi connectivity index (χ3n) is 5.29. The van der Waals surface area contributed by atoms with E-state index in [1.165, 1.54) is 16.8 Å². The van der Waals surface area contributed by atoms with Gasteiger partial charge >= 0.3 is 0 Å². The number of benzene rings is 2. The molecular weight excluding hydrogens is 464 g/mol. The number of hydrogen-bond acceptors (Lipinski definition) is 7. The molecule has 4 rings (SSSR count). The second-order valence-electron chi connectivity index (χ2n) is 7.89. The molecule has 0 bridgehead atoms. The predicted octanol–water partition coefficient (Wildman–Crippen LogP) is 5.35. The molecule has 8 nitrogen and oxygen atoms in total. The molecule has 0 atom stereocenters. The van der Waals surface area contributed by atoms with Gasteiger partial charge in [-0.2, -0.15) is 15.1 Å². The fourth-order valence-electron chi connectivity index (χ4n) is 3.49. The lowest BCUT2D eigenvalue weighted by Crippen LogP contribution is -2.35. The van der Waals surface area contributed by atoms with Gasteiger partial charge in [-0.3, -0.25) is 10.2 Å². The second kappa shape index (κ2) is 11.7. The highest BCUT2D eigenvalue weighted by atomic mass is 32.2. The fraction of sp³-hybridized carbons (Fsp3) is 0.308. The Hall–Kier alpha value is -3.59. The van der Waals surface area contributed by atoms with E-state index in [0.29, 0.717) is 42.1 Å². The Morgan fingerprint density at radius 1 is 1.06 bits per heavy atom. The van der Waals surface area contributed by atoms with Crippen LogP contribution in [0, 0.1) is 5.41 Å². The van der Waals surface area contributed by atoms with Crippen LogP contribution in [-0.4, -0.2) is 47.3 Å². The van der Waals surface area contributed by atoms with Crippen LogP contribution in [0.4, 0.5) is 0 Å². The monoisotopic (exact) mass is 492 g/mol. The van der Waals surface area contributed by atoms with Crippen molar-refractivity contribution >= 4 is 39.8 Å². The molecule has 1 amide bonds. The van der Waals surface area contributed by atoms with Crippen LogP contribution in [0.3, 0.4) is 0 Å². The van der Waals surface area contributed by atoms with Gasteiger partial charge in [0.05, 0.1) is 25.9 Å². The molecule has 9 heteroatoms. The zero-order valence-electron chi connectivity index (χ0n) is 19.8. The average molecular weight is 493 g/mol. The molecule has 0 aliphatic carbocycles. The number of rotatable bonds is 11. The molecule has 0 spiro atoms. The Labute approximate surface area is 209 Å². The SMILES string of the molecule is CCCCC1=NN2C(=N)/C(=C\c3cccc(OCCCOc4ccccc4OC)c3)C(=O)N=C2S1. The second-order valence-corrected chi connectivity index (χ2v) is 8.93. The highest BCUT2D eigenvalue weighted by molar-refractivity contribution is 8.26. The number of unbranched alkanes of at least 4 members (excludes halogenated alkanes) is 1. The summed E-state index contributed by atoms with van der Waals surface area (Å²) in [5.74, 6) is 1.68. The Bertz CT molecular complexity index is 1190. The number of hydrogen-bond donors (Lipinski definition) is 1. The van der Waals surface area contributed by atoms with Crippen LogP contribution in [-0.2, 0) is 4.79 Å². The van der Waals surface area contributed by atoms with Gasteiger partial charge in [-0.25, -0.2) is 0 Å². The highest BCUT2D eigenvalue weighted by Crippen LogP contribution is 2.30. The summed E-state index contributed by atoms with van der Waals surface area (Å²) in [6.45, 7) is 3.08. The maximum absolute atomic E-state index is 12.6. The van der Waals surface area contributed by atoms with Gasteiger partial charge in [0.25, 0.3) is 5.91 Å². The van der Waals surface area contributed by atoms with Crippen molar-refractivity contribution in [1.82, 2.24) is 5.01 Å². The van der Waals surface area contributed by atoms with Crippen molar-refractivity contribution in [3.05, 3.63) is 59.7 Å². The van der Waals surface area contributed by atoms with E-state index in [-0.39, 0.29) is 11.4 Å². The van der Waals surface area contributed by atoms with Crippen molar-refractivity contribution in [1.29, 1.82) is 5.41 Å². The molecule has 0 unspecified atom stereocenters. The molecular formula is C26H28N4O4S. The molecule has 0 saturated heterocycles. The van der Waals surface area contributed by atoms with E-state index in [1.54, 1.807) is 13.2 Å². The van der Waals surface area contributed by atoms with Gasteiger partial charge < -0.3 is 14.2 Å². The van der Waals surface area contributed by atoms with Crippen LogP contribution in [0.25, 0.3) is 6.08 Å². The molecule has 0 fully saturated rings. The van der Waals surface area contributed by atoms with E-state index in [2.05, 4.69) is 17.0 Å². The molecule has 2 aliphatic rings. The normalized spacial score (nSPS) is 16.2. The Morgan fingerprint density at radius 2 is 1.86 bits per heavy atom. The van der Waals surface area contributed by atoms with E-state index in [1.807, 2.05) is 48.5 Å². The predicted molar refractivity (Wildman–Crippen MR) is 140 cm³/mol. The standard InChI is InChI=1S/C26H28N4O4S/c1-3-4-13-23-29-30-24(27)20(25(31)28-26(30)35-23)17-18-9-7-10-19(16-18)33-14-8-15-34-22-12-6-5-11-21(22)32-2/h5-7,9-12,16-17,27H,3-4,8,13-15H2,1-2H3/b20-17+,27-24?. The van der Waals surface area contributed by atoms with Crippen molar-refractivity contribution in [3.8, 4) is 17.2 Å². The van der Waals surface area contributed by atoms with Crippen LogP contribution in [0.15, 0.2) is 64.2 Å². The summed E-state index contributed by atoms with van der Waals surface area (Å²) in [5, 5.41) is 15.8. The highest BCUT2D eigenvalue weighted by Gasteiger charge is 2.35. The smallest absolute Gasteiger partial charge is 0.283 e. The summed E-state index contributed by atoms with van der Waals surface area (Å²) < 4.78 is 16.9. The molecule has 0 saturated carbocycles. The van der Waals surface area contributed by atoms with Crippen LogP contribution < -0.4 is 14.2 Å². The number of fused-ring (bicyclic) bond motifs is 1. The molecule has 0 aromatic heterocycles. The van der Waals surface area contributed by atoms with Crippen molar-refractivity contribution in [3.63, 3.8) is 0 Å². The molecule has 2 aliphatic heterocycles. The maximum atomic E-state index is 12.6. The van der Waals surface area contributed by atoms with E-state index in [9.17, 15) is 4.79 Å². The number of ether oxygens (including phenoxy) is 3. The van der Waals surface area contributed by atoms with Gasteiger partial charge in [-0.1, -0.05) is 37.6 Å². The van der Waals surface area contributed by atoms with Gasteiger partial charge in [0.1, 0.15) is 10.8 Å². The Morgan fingerprint density at radius 3 is 2.66 bits per heavy atom. The first-order valence-electron chi connectivity index (χ1n) is 11.6. The third-order valence-corrected chi connectivity index (χ3v) is 6.26. The van der Waals surface area contributed by atoms with Gasteiger partial charge in [-0.05, 0) is 60.5 Å². The average Bonchev–Trinajstić information content (AvgIpc) is 3.28. The van der Waals surface area contributed by atoms with Crippen molar-refractivity contribution in [2.75, 3.05) is 20.3 Å². The number of nitrogens with one attached hydrogen (secondary N) is 1. The van der Waals surface area contributed by atoms with Crippen LogP contribution in [0.5, 0.6) is 17.2 Å². The summed E-state index contributed by atoms with van der Waals surface area (Å²) in [6.07, 6.45) is 5.24. The van der Waals surface area contributed by atoms with Crippen LogP contribution in [0.2, 0.25) is 0 Å². The largest absolute Gasteiger partial charge is 0.493 e. The molecule has 2 aromatic rings. The number of amides is 1.